The summed E-state index contributed by atoms with van der Waals surface area (Å²) in [5, 5.41) is 9.63. The minimum Gasteiger partial charge on any atom is -0.393 e. The largest absolute Gasteiger partial charge is 0.393 e. The van der Waals surface area contributed by atoms with E-state index in [-0.39, 0.29) is 11.5 Å². The van der Waals surface area contributed by atoms with Crippen molar-refractivity contribution in [3.8, 4) is 0 Å². The molecule has 1 N–H and O–H groups in total. The standard InChI is InChI=1S/C16H27NOS/c1-12(18)13-7-9-17(10-8-13)11-14-5-6-15(19-14)16(2,3)4/h5-6,12-13,18H,7-11H2,1-4H3. The van der Waals surface area contributed by atoms with E-state index >= 15 is 0 Å². The molecule has 3 heteroatoms. The van der Waals surface area contributed by atoms with Gasteiger partial charge in [-0.05, 0) is 56.3 Å². The lowest BCUT2D eigenvalue weighted by atomic mass is 9.92. The summed E-state index contributed by atoms with van der Waals surface area (Å²) in [6.45, 7) is 12.1. The Morgan fingerprint density at radius 2 is 1.95 bits per heavy atom. The summed E-state index contributed by atoms with van der Waals surface area (Å²) in [5.74, 6) is 0.504. The predicted octanol–water partition coefficient (Wildman–Crippen LogP) is 3.64. The van der Waals surface area contributed by atoms with Crippen molar-refractivity contribution in [1.82, 2.24) is 4.90 Å². The number of aliphatic hydroxyl groups excluding tert-OH is 1. The molecular formula is C16H27NOS. The number of nitrogens with zero attached hydrogens (tertiary/aromatic N) is 1. The monoisotopic (exact) mass is 281 g/mol. The zero-order valence-electron chi connectivity index (χ0n) is 12.6. The van der Waals surface area contributed by atoms with Crippen LogP contribution >= 0.6 is 11.3 Å². The molecule has 2 heterocycles. The van der Waals surface area contributed by atoms with E-state index in [4.69, 9.17) is 0 Å². The molecule has 2 rings (SSSR count). The number of thiophene rings is 1. The van der Waals surface area contributed by atoms with Gasteiger partial charge in [0.15, 0.2) is 0 Å². The maximum absolute atomic E-state index is 9.63. The van der Waals surface area contributed by atoms with Crippen LogP contribution in [0.3, 0.4) is 0 Å². The molecule has 0 radical (unpaired) electrons. The number of piperidine rings is 1. The first-order valence-electron chi connectivity index (χ1n) is 7.36. The van der Waals surface area contributed by atoms with Gasteiger partial charge >= 0.3 is 0 Å². The molecule has 1 aromatic rings. The summed E-state index contributed by atoms with van der Waals surface area (Å²) in [4.78, 5) is 5.47. The Hall–Kier alpha value is -0.380. The Bertz CT molecular complexity index is 397. The molecule has 0 spiro atoms. The van der Waals surface area contributed by atoms with Crippen molar-refractivity contribution in [3.63, 3.8) is 0 Å². The fraction of sp³-hybridized carbons (Fsp3) is 0.750. The van der Waals surface area contributed by atoms with Crippen molar-refractivity contribution in [1.29, 1.82) is 0 Å². The second-order valence-electron chi connectivity index (χ2n) is 6.87. The van der Waals surface area contributed by atoms with Crippen LogP contribution in [0.5, 0.6) is 0 Å². The average molecular weight is 281 g/mol. The molecule has 1 saturated heterocycles. The summed E-state index contributed by atoms with van der Waals surface area (Å²) in [6, 6.07) is 4.56. The highest BCUT2D eigenvalue weighted by molar-refractivity contribution is 7.12. The second kappa shape index (κ2) is 5.94. The highest BCUT2D eigenvalue weighted by Crippen LogP contribution is 2.31. The zero-order chi connectivity index (χ0) is 14.0. The summed E-state index contributed by atoms with van der Waals surface area (Å²) in [5.41, 5.74) is 0.266. The molecule has 19 heavy (non-hydrogen) atoms. The molecule has 1 unspecified atom stereocenters. The van der Waals surface area contributed by atoms with Crippen molar-refractivity contribution in [3.05, 3.63) is 21.9 Å². The van der Waals surface area contributed by atoms with Crippen LogP contribution in [0.2, 0.25) is 0 Å². The molecule has 1 aromatic heterocycles. The van der Waals surface area contributed by atoms with Crippen LogP contribution in [-0.4, -0.2) is 29.2 Å². The first kappa shape index (κ1) is 15.0. The van der Waals surface area contributed by atoms with Crippen LogP contribution in [0.15, 0.2) is 12.1 Å². The van der Waals surface area contributed by atoms with E-state index in [9.17, 15) is 5.11 Å². The van der Waals surface area contributed by atoms with E-state index in [1.54, 1.807) is 0 Å². The molecule has 1 atom stereocenters. The number of likely N-dealkylation sites (tertiary alicyclic amines) is 1. The molecule has 1 fully saturated rings. The van der Waals surface area contributed by atoms with Crippen LogP contribution in [0, 0.1) is 5.92 Å². The van der Waals surface area contributed by atoms with Gasteiger partial charge in [-0.3, -0.25) is 4.90 Å². The lowest BCUT2D eigenvalue weighted by Gasteiger charge is -2.32. The molecular weight excluding hydrogens is 254 g/mol. The SMILES string of the molecule is CC(O)C1CCN(Cc2ccc(C(C)(C)C)s2)CC1. The van der Waals surface area contributed by atoms with Gasteiger partial charge < -0.3 is 5.11 Å². The Labute approximate surface area is 121 Å². The van der Waals surface area contributed by atoms with Crippen LogP contribution in [0.1, 0.15) is 50.3 Å². The first-order chi connectivity index (χ1) is 8.86. The van der Waals surface area contributed by atoms with Gasteiger partial charge in [-0.1, -0.05) is 20.8 Å². The van der Waals surface area contributed by atoms with Gasteiger partial charge in [-0.25, -0.2) is 0 Å². The number of hydrogen-bond donors (Lipinski definition) is 1. The first-order valence-corrected chi connectivity index (χ1v) is 8.17. The maximum atomic E-state index is 9.63. The van der Waals surface area contributed by atoms with Crippen molar-refractivity contribution in [2.45, 2.75) is 58.6 Å². The van der Waals surface area contributed by atoms with E-state index in [1.165, 1.54) is 9.75 Å². The van der Waals surface area contributed by atoms with Crippen molar-refractivity contribution < 1.29 is 5.11 Å². The van der Waals surface area contributed by atoms with Gasteiger partial charge in [-0.15, -0.1) is 11.3 Å². The molecule has 1 aliphatic rings. The normalized spacial score (nSPS) is 20.7. The molecule has 0 aliphatic carbocycles. The fourth-order valence-corrected chi connectivity index (χ4v) is 3.79. The molecule has 1 aliphatic heterocycles. The highest BCUT2D eigenvalue weighted by Gasteiger charge is 2.23. The predicted molar refractivity (Wildman–Crippen MR) is 82.7 cm³/mol. The van der Waals surface area contributed by atoms with E-state index in [1.807, 2.05) is 18.3 Å². The Morgan fingerprint density at radius 3 is 2.42 bits per heavy atom. The highest BCUT2D eigenvalue weighted by atomic mass is 32.1. The van der Waals surface area contributed by atoms with Gasteiger partial charge in [0, 0.05) is 16.3 Å². The van der Waals surface area contributed by atoms with Crippen LogP contribution in [0.25, 0.3) is 0 Å². The molecule has 2 nitrogen and oxygen atoms in total. The minimum atomic E-state index is -0.142. The maximum Gasteiger partial charge on any atom is 0.0541 e. The fourth-order valence-electron chi connectivity index (χ4n) is 2.68. The second-order valence-corrected chi connectivity index (χ2v) is 8.04. The third-order valence-electron chi connectivity index (χ3n) is 4.09. The minimum absolute atomic E-state index is 0.142. The van der Waals surface area contributed by atoms with Crippen molar-refractivity contribution >= 4 is 11.3 Å². The number of hydrogen-bond acceptors (Lipinski definition) is 3. The van der Waals surface area contributed by atoms with Gasteiger partial charge in [0.25, 0.3) is 0 Å². The summed E-state index contributed by atoms with van der Waals surface area (Å²) < 4.78 is 0. The molecule has 0 saturated carbocycles. The molecule has 0 bridgehead atoms. The van der Waals surface area contributed by atoms with Crippen LogP contribution < -0.4 is 0 Å². The molecule has 108 valence electrons. The Morgan fingerprint density at radius 1 is 1.32 bits per heavy atom. The van der Waals surface area contributed by atoms with E-state index < -0.39 is 0 Å². The van der Waals surface area contributed by atoms with Gasteiger partial charge in [0.05, 0.1) is 6.10 Å². The molecule has 0 aromatic carbocycles. The number of aliphatic hydroxyl groups is 1. The van der Waals surface area contributed by atoms with E-state index in [0.717, 1.165) is 32.5 Å². The lowest BCUT2D eigenvalue weighted by Crippen LogP contribution is -2.36. The van der Waals surface area contributed by atoms with Gasteiger partial charge in [0.1, 0.15) is 0 Å². The van der Waals surface area contributed by atoms with Gasteiger partial charge in [-0.2, -0.15) is 0 Å². The lowest BCUT2D eigenvalue weighted by molar-refractivity contribution is 0.0698. The number of rotatable bonds is 3. The van der Waals surface area contributed by atoms with Crippen molar-refractivity contribution in [2.75, 3.05) is 13.1 Å². The average Bonchev–Trinajstić information content (AvgIpc) is 2.78. The topological polar surface area (TPSA) is 23.5 Å². The Kier molecular flexibility index (Phi) is 4.70. The van der Waals surface area contributed by atoms with Crippen LogP contribution in [-0.2, 0) is 12.0 Å². The Balaban J connectivity index is 1.87. The zero-order valence-corrected chi connectivity index (χ0v) is 13.5. The van der Waals surface area contributed by atoms with Gasteiger partial charge in [0.2, 0.25) is 0 Å². The van der Waals surface area contributed by atoms with Crippen LogP contribution in [0.4, 0.5) is 0 Å². The smallest absolute Gasteiger partial charge is 0.0541 e. The van der Waals surface area contributed by atoms with Crippen molar-refractivity contribution in [2.24, 2.45) is 5.92 Å². The summed E-state index contributed by atoms with van der Waals surface area (Å²) >= 11 is 1.95. The van der Waals surface area contributed by atoms with E-state index in [2.05, 4.69) is 37.8 Å². The summed E-state index contributed by atoms with van der Waals surface area (Å²) in [7, 11) is 0. The summed E-state index contributed by atoms with van der Waals surface area (Å²) in [6.07, 6.45) is 2.13. The third kappa shape index (κ3) is 4.04. The molecule has 0 amide bonds. The van der Waals surface area contributed by atoms with E-state index in [0.29, 0.717) is 5.92 Å². The third-order valence-corrected chi connectivity index (χ3v) is 5.59. The quantitative estimate of drug-likeness (QED) is 0.914.